The lowest BCUT2D eigenvalue weighted by atomic mass is 10.1. The Morgan fingerprint density at radius 1 is 1.47 bits per heavy atom. The molecule has 0 aromatic carbocycles. The SMILES string of the molecule is Cc1cc(NC(=O)N(C)CC(C)(C)O)c(C(=O)O)[nH]1. The zero-order chi connectivity index (χ0) is 14.8. The molecule has 0 unspecified atom stereocenters. The molecule has 0 aliphatic rings. The second-order valence-corrected chi connectivity index (χ2v) is 5.14. The molecule has 0 atom stereocenters. The summed E-state index contributed by atoms with van der Waals surface area (Å²) in [5.74, 6) is -1.14. The summed E-state index contributed by atoms with van der Waals surface area (Å²) in [7, 11) is 1.52. The number of amides is 2. The highest BCUT2D eigenvalue weighted by Crippen LogP contribution is 2.17. The van der Waals surface area contributed by atoms with Crippen LogP contribution in [0, 0.1) is 6.92 Å². The molecule has 2 amide bonds. The molecule has 106 valence electrons. The van der Waals surface area contributed by atoms with Crippen LogP contribution in [0.4, 0.5) is 10.5 Å². The number of nitrogens with one attached hydrogen (secondary N) is 2. The molecule has 1 aromatic rings. The Kier molecular flexibility index (Phi) is 4.21. The Labute approximate surface area is 111 Å². The summed E-state index contributed by atoms with van der Waals surface area (Å²) in [5, 5.41) is 21.1. The van der Waals surface area contributed by atoms with Gasteiger partial charge in [-0.05, 0) is 26.8 Å². The lowest BCUT2D eigenvalue weighted by molar-refractivity contribution is 0.0550. The fourth-order valence-corrected chi connectivity index (χ4v) is 1.72. The van der Waals surface area contributed by atoms with E-state index in [2.05, 4.69) is 10.3 Å². The average molecular weight is 269 g/mol. The molecule has 7 nitrogen and oxygen atoms in total. The third-order valence-corrected chi connectivity index (χ3v) is 2.38. The van der Waals surface area contributed by atoms with Crippen molar-refractivity contribution in [1.29, 1.82) is 0 Å². The van der Waals surface area contributed by atoms with Gasteiger partial charge in [-0.1, -0.05) is 0 Å². The molecule has 1 aromatic heterocycles. The smallest absolute Gasteiger partial charge is 0.354 e. The molecule has 0 spiro atoms. The van der Waals surface area contributed by atoms with Crippen LogP contribution >= 0.6 is 0 Å². The van der Waals surface area contributed by atoms with Gasteiger partial charge in [-0.15, -0.1) is 0 Å². The third kappa shape index (κ3) is 4.29. The first-order valence-electron chi connectivity index (χ1n) is 5.77. The molecule has 1 heterocycles. The van der Waals surface area contributed by atoms with Gasteiger partial charge in [0.2, 0.25) is 0 Å². The highest BCUT2D eigenvalue weighted by molar-refractivity contribution is 5.99. The van der Waals surface area contributed by atoms with Gasteiger partial charge < -0.3 is 25.4 Å². The number of aryl methyl sites for hydroxylation is 1. The number of hydrogen-bond acceptors (Lipinski definition) is 3. The number of aromatic amines is 1. The molecule has 19 heavy (non-hydrogen) atoms. The number of rotatable bonds is 4. The van der Waals surface area contributed by atoms with E-state index in [0.717, 1.165) is 0 Å². The van der Waals surface area contributed by atoms with E-state index in [9.17, 15) is 14.7 Å². The number of aliphatic hydroxyl groups is 1. The van der Waals surface area contributed by atoms with E-state index < -0.39 is 17.6 Å². The first-order valence-corrected chi connectivity index (χ1v) is 5.77. The fourth-order valence-electron chi connectivity index (χ4n) is 1.72. The van der Waals surface area contributed by atoms with Crippen molar-refractivity contribution in [3.05, 3.63) is 17.5 Å². The molecule has 7 heteroatoms. The van der Waals surface area contributed by atoms with E-state index in [1.807, 2.05) is 0 Å². The predicted molar refractivity (Wildman–Crippen MR) is 70.4 cm³/mol. The molecule has 0 fully saturated rings. The molecule has 0 aliphatic carbocycles. The van der Waals surface area contributed by atoms with Gasteiger partial charge in [0.1, 0.15) is 5.69 Å². The Hall–Kier alpha value is -2.02. The van der Waals surface area contributed by atoms with Crippen LogP contribution in [0.1, 0.15) is 30.0 Å². The summed E-state index contributed by atoms with van der Waals surface area (Å²) in [5.41, 5.74) is -0.242. The van der Waals surface area contributed by atoms with Gasteiger partial charge in [0.15, 0.2) is 0 Å². The van der Waals surface area contributed by atoms with Crippen LogP contribution in [0.5, 0.6) is 0 Å². The lowest BCUT2D eigenvalue weighted by Crippen LogP contribution is -2.41. The minimum atomic E-state index is -1.14. The second kappa shape index (κ2) is 5.31. The van der Waals surface area contributed by atoms with Gasteiger partial charge in [0.05, 0.1) is 17.8 Å². The zero-order valence-electron chi connectivity index (χ0n) is 11.4. The summed E-state index contributed by atoms with van der Waals surface area (Å²) in [4.78, 5) is 26.8. The molecular weight excluding hydrogens is 250 g/mol. The van der Waals surface area contributed by atoms with E-state index in [1.54, 1.807) is 26.8 Å². The summed E-state index contributed by atoms with van der Waals surface area (Å²) >= 11 is 0. The second-order valence-electron chi connectivity index (χ2n) is 5.14. The Bertz CT molecular complexity index is 488. The van der Waals surface area contributed by atoms with E-state index in [4.69, 9.17) is 5.11 Å². The molecule has 1 rings (SSSR count). The minimum absolute atomic E-state index is 0.0671. The first kappa shape index (κ1) is 15.0. The Morgan fingerprint density at radius 2 is 2.05 bits per heavy atom. The van der Waals surface area contributed by atoms with Crippen LogP contribution < -0.4 is 5.32 Å². The predicted octanol–water partition coefficient (Wildman–Crippen LogP) is 1.26. The third-order valence-electron chi connectivity index (χ3n) is 2.38. The van der Waals surface area contributed by atoms with Gasteiger partial charge in [-0.2, -0.15) is 0 Å². The maximum atomic E-state index is 11.9. The van der Waals surface area contributed by atoms with Gasteiger partial charge in [0.25, 0.3) is 0 Å². The molecule has 0 saturated carbocycles. The van der Waals surface area contributed by atoms with Gasteiger partial charge >= 0.3 is 12.0 Å². The van der Waals surface area contributed by atoms with E-state index in [1.165, 1.54) is 11.9 Å². The summed E-state index contributed by atoms with van der Waals surface area (Å²) in [6.07, 6.45) is 0. The van der Waals surface area contributed by atoms with E-state index in [0.29, 0.717) is 5.69 Å². The maximum Gasteiger partial charge on any atom is 0.354 e. The van der Waals surface area contributed by atoms with Crippen molar-refractivity contribution in [1.82, 2.24) is 9.88 Å². The highest BCUT2D eigenvalue weighted by Gasteiger charge is 2.21. The number of nitrogens with zero attached hydrogens (tertiary/aromatic N) is 1. The number of H-pyrrole nitrogens is 1. The van der Waals surface area contributed by atoms with E-state index >= 15 is 0 Å². The monoisotopic (exact) mass is 269 g/mol. The number of hydrogen-bond donors (Lipinski definition) is 4. The lowest BCUT2D eigenvalue weighted by Gasteiger charge is -2.25. The van der Waals surface area contributed by atoms with Crippen LogP contribution in [0.3, 0.4) is 0 Å². The first-order chi connectivity index (χ1) is 8.60. The molecule has 0 aliphatic heterocycles. The molecule has 0 saturated heterocycles. The number of aromatic nitrogens is 1. The topological polar surface area (TPSA) is 106 Å². The maximum absolute atomic E-state index is 11.9. The minimum Gasteiger partial charge on any atom is -0.477 e. The standard InChI is InChI=1S/C12H19N3O4/c1-7-5-8(9(13-7)10(16)17)14-11(18)15(4)6-12(2,3)19/h5,13,19H,6H2,1-4H3,(H,14,18)(H,16,17). The molecule has 4 N–H and O–H groups in total. The highest BCUT2D eigenvalue weighted by atomic mass is 16.4. The molecular formula is C12H19N3O4. The van der Waals surface area contributed by atoms with Crippen LogP contribution in [0.15, 0.2) is 6.07 Å². The normalized spacial score (nSPS) is 11.2. The van der Waals surface area contributed by atoms with Crippen LogP contribution in [0.25, 0.3) is 0 Å². The number of carboxylic acids is 1. The Morgan fingerprint density at radius 3 is 2.53 bits per heavy atom. The van der Waals surface area contributed by atoms with Crippen molar-refractivity contribution in [3.63, 3.8) is 0 Å². The van der Waals surface area contributed by atoms with Crippen molar-refractivity contribution >= 4 is 17.7 Å². The van der Waals surface area contributed by atoms with Gasteiger partial charge in [0, 0.05) is 12.7 Å². The largest absolute Gasteiger partial charge is 0.477 e. The summed E-state index contributed by atoms with van der Waals surface area (Å²) < 4.78 is 0. The number of carbonyl (C=O) groups excluding carboxylic acids is 1. The average Bonchev–Trinajstić information content (AvgIpc) is 2.56. The van der Waals surface area contributed by atoms with Crippen molar-refractivity contribution in [2.45, 2.75) is 26.4 Å². The molecule has 0 radical (unpaired) electrons. The number of aromatic carboxylic acids is 1. The van der Waals surface area contributed by atoms with Crippen LogP contribution in [-0.4, -0.2) is 51.3 Å². The van der Waals surface area contributed by atoms with E-state index in [-0.39, 0.29) is 17.9 Å². The number of urea groups is 1. The van der Waals surface area contributed by atoms with Crippen LogP contribution in [0.2, 0.25) is 0 Å². The number of carbonyl (C=O) groups is 2. The Balaban J connectivity index is 2.80. The summed E-state index contributed by atoms with van der Waals surface area (Å²) in [6, 6.07) is 1.06. The van der Waals surface area contributed by atoms with Crippen molar-refractivity contribution in [2.75, 3.05) is 18.9 Å². The van der Waals surface area contributed by atoms with Gasteiger partial charge in [-0.3, -0.25) is 0 Å². The number of carboxylic acid groups (broad SMARTS) is 1. The molecule has 0 bridgehead atoms. The zero-order valence-corrected chi connectivity index (χ0v) is 11.4. The van der Waals surface area contributed by atoms with Crippen LogP contribution in [-0.2, 0) is 0 Å². The number of anilines is 1. The fraction of sp³-hybridized carbons (Fsp3) is 0.500. The van der Waals surface area contributed by atoms with Crippen molar-refractivity contribution in [3.8, 4) is 0 Å². The quantitative estimate of drug-likeness (QED) is 0.660. The van der Waals surface area contributed by atoms with Gasteiger partial charge in [-0.25, -0.2) is 9.59 Å². The number of likely N-dealkylation sites (N-methyl/N-ethyl adjacent to an activating group) is 1. The van der Waals surface area contributed by atoms with Crippen molar-refractivity contribution < 1.29 is 19.8 Å². The van der Waals surface area contributed by atoms with Crippen molar-refractivity contribution in [2.24, 2.45) is 0 Å². The summed E-state index contributed by atoms with van der Waals surface area (Å²) in [6.45, 7) is 4.99.